The van der Waals surface area contributed by atoms with Gasteiger partial charge in [0, 0.05) is 6.61 Å². The highest BCUT2D eigenvalue weighted by molar-refractivity contribution is 4.81. The topological polar surface area (TPSA) is 44.5 Å². The standard InChI is InChI=1S/C8H17NO2/c1-8(2,11-9)7-5-3-4-6-10-7/h7H,3-6,9H2,1-2H3. The van der Waals surface area contributed by atoms with Gasteiger partial charge in [-0.1, -0.05) is 0 Å². The lowest BCUT2D eigenvalue weighted by molar-refractivity contribution is -0.143. The quantitative estimate of drug-likeness (QED) is 0.616. The Morgan fingerprint density at radius 2 is 2.18 bits per heavy atom. The first-order valence-electron chi connectivity index (χ1n) is 4.16. The van der Waals surface area contributed by atoms with Crippen LogP contribution in [0.2, 0.25) is 0 Å². The Morgan fingerprint density at radius 1 is 1.45 bits per heavy atom. The van der Waals surface area contributed by atoms with Gasteiger partial charge >= 0.3 is 0 Å². The predicted octanol–water partition coefficient (Wildman–Crippen LogP) is 1.22. The zero-order valence-electron chi connectivity index (χ0n) is 7.30. The number of ether oxygens (including phenoxy) is 1. The van der Waals surface area contributed by atoms with Crippen molar-refractivity contribution < 1.29 is 9.57 Å². The minimum atomic E-state index is -0.333. The Bertz CT molecular complexity index is 119. The summed E-state index contributed by atoms with van der Waals surface area (Å²) in [4.78, 5) is 4.85. The van der Waals surface area contributed by atoms with E-state index in [4.69, 9.17) is 15.5 Å². The van der Waals surface area contributed by atoms with Crippen LogP contribution in [0.1, 0.15) is 33.1 Å². The zero-order valence-corrected chi connectivity index (χ0v) is 7.30. The molecule has 3 nitrogen and oxygen atoms in total. The summed E-state index contributed by atoms with van der Waals surface area (Å²) in [5, 5.41) is 0. The molecule has 66 valence electrons. The number of nitrogens with two attached hydrogens (primary N) is 1. The van der Waals surface area contributed by atoms with Crippen molar-refractivity contribution in [1.82, 2.24) is 0 Å². The molecule has 1 aliphatic rings. The van der Waals surface area contributed by atoms with Gasteiger partial charge < -0.3 is 4.74 Å². The Labute approximate surface area is 67.8 Å². The maximum atomic E-state index is 5.53. The van der Waals surface area contributed by atoms with Gasteiger partial charge in [-0.15, -0.1) is 0 Å². The maximum Gasteiger partial charge on any atom is 0.110 e. The third-order valence-corrected chi connectivity index (χ3v) is 2.26. The largest absolute Gasteiger partial charge is 0.375 e. The fraction of sp³-hybridized carbons (Fsp3) is 1.00. The molecule has 1 heterocycles. The van der Waals surface area contributed by atoms with Crippen LogP contribution >= 0.6 is 0 Å². The molecule has 0 aromatic heterocycles. The summed E-state index contributed by atoms with van der Waals surface area (Å²) in [7, 11) is 0. The molecule has 0 radical (unpaired) electrons. The number of rotatable bonds is 2. The summed E-state index contributed by atoms with van der Waals surface area (Å²) >= 11 is 0. The molecule has 2 N–H and O–H groups in total. The maximum absolute atomic E-state index is 5.53. The van der Waals surface area contributed by atoms with E-state index < -0.39 is 0 Å². The molecule has 0 saturated carbocycles. The van der Waals surface area contributed by atoms with E-state index in [1.807, 2.05) is 13.8 Å². The molecule has 1 fully saturated rings. The minimum Gasteiger partial charge on any atom is -0.375 e. The Balaban J connectivity index is 2.43. The van der Waals surface area contributed by atoms with Crippen LogP contribution < -0.4 is 5.90 Å². The predicted molar refractivity (Wildman–Crippen MR) is 42.9 cm³/mol. The Kier molecular flexibility index (Phi) is 2.87. The van der Waals surface area contributed by atoms with Gasteiger partial charge in [0.25, 0.3) is 0 Å². The van der Waals surface area contributed by atoms with Gasteiger partial charge in [-0.3, -0.25) is 4.84 Å². The molecule has 0 spiro atoms. The van der Waals surface area contributed by atoms with Gasteiger partial charge in [-0.05, 0) is 33.1 Å². The van der Waals surface area contributed by atoms with Crippen molar-refractivity contribution in [1.29, 1.82) is 0 Å². The highest BCUT2D eigenvalue weighted by Gasteiger charge is 2.32. The highest BCUT2D eigenvalue weighted by atomic mass is 16.6. The third kappa shape index (κ3) is 2.15. The van der Waals surface area contributed by atoms with E-state index in [0.717, 1.165) is 19.4 Å². The zero-order chi connectivity index (χ0) is 8.32. The van der Waals surface area contributed by atoms with Crippen LogP contribution in [0, 0.1) is 0 Å². The summed E-state index contributed by atoms with van der Waals surface area (Å²) < 4.78 is 5.53. The van der Waals surface area contributed by atoms with Crippen molar-refractivity contribution in [3.05, 3.63) is 0 Å². The molecule has 1 atom stereocenters. The molecule has 1 rings (SSSR count). The van der Waals surface area contributed by atoms with Crippen molar-refractivity contribution in [2.45, 2.75) is 44.8 Å². The fourth-order valence-electron chi connectivity index (χ4n) is 1.36. The first-order chi connectivity index (χ1) is 5.17. The normalized spacial score (nSPS) is 27.0. The second-order valence-electron chi connectivity index (χ2n) is 3.58. The van der Waals surface area contributed by atoms with E-state index in [9.17, 15) is 0 Å². The molecule has 0 aromatic rings. The molecule has 0 amide bonds. The molecular weight excluding hydrogens is 142 g/mol. The molecule has 0 aromatic carbocycles. The lowest BCUT2D eigenvalue weighted by atomic mass is 9.95. The van der Waals surface area contributed by atoms with E-state index >= 15 is 0 Å². The molecule has 0 bridgehead atoms. The first kappa shape index (κ1) is 8.97. The number of hydrogen-bond acceptors (Lipinski definition) is 3. The van der Waals surface area contributed by atoms with Gasteiger partial charge in [0.05, 0.1) is 6.10 Å². The molecule has 0 aliphatic carbocycles. The summed E-state index contributed by atoms with van der Waals surface area (Å²) in [6.45, 7) is 4.77. The van der Waals surface area contributed by atoms with Crippen molar-refractivity contribution in [2.75, 3.05) is 6.61 Å². The van der Waals surface area contributed by atoms with E-state index in [-0.39, 0.29) is 11.7 Å². The van der Waals surface area contributed by atoms with Crippen LogP contribution in [0.3, 0.4) is 0 Å². The van der Waals surface area contributed by atoms with E-state index in [0.29, 0.717) is 0 Å². The molecule has 1 unspecified atom stereocenters. The lowest BCUT2D eigenvalue weighted by Crippen LogP contribution is -2.44. The first-order valence-corrected chi connectivity index (χ1v) is 4.16. The van der Waals surface area contributed by atoms with Crippen molar-refractivity contribution >= 4 is 0 Å². The van der Waals surface area contributed by atoms with E-state index in [1.165, 1.54) is 6.42 Å². The monoisotopic (exact) mass is 159 g/mol. The van der Waals surface area contributed by atoms with Gasteiger partial charge in [-0.25, -0.2) is 5.90 Å². The molecular formula is C8H17NO2. The van der Waals surface area contributed by atoms with Crippen LogP contribution in [0.25, 0.3) is 0 Å². The lowest BCUT2D eigenvalue weighted by Gasteiger charge is -2.34. The van der Waals surface area contributed by atoms with E-state index in [2.05, 4.69) is 0 Å². The molecule has 11 heavy (non-hydrogen) atoms. The van der Waals surface area contributed by atoms with Gasteiger partial charge in [-0.2, -0.15) is 0 Å². The smallest absolute Gasteiger partial charge is 0.110 e. The van der Waals surface area contributed by atoms with Crippen molar-refractivity contribution in [2.24, 2.45) is 5.90 Å². The van der Waals surface area contributed by atoms with Crippen LogP contribution in [-0.2, 0) is 9.57 Å². The Hall–Kier alpha value is -0.120. The summed E-state index contributed by atoms with van der Waals surface area (Å²) in [5.74, 6) is 5.16. The molecule has 1 saturated heterocycles. The second kappa shape index (κ2) is 3.52. The van der Waals surface area contributed by atoms with Crippen LogP contribution in [0.5, 0.6) is 0 Å². The SMILES string of the molecule is CC(C)(ON)C1CCCCO1. The second-order valence-corrected chi connectivity index (χ2v) is 3.58. The summed E-state index contributed by atoms with van der Waals surface area (Å²) in [6.07, 6.45) is 3.61. The summed E-state index contributed by atoms with van der Waals surface area (Å²) in [6, 6.07) is 0. The fourth-order valence-corrected chi connectivity index (χ4v) is 1.36. The van der Waals surface area contributed by atoms with Crippen LogP contribution in [0.15, 0.2) is 0 Å². The molecule has 3 heteroatoms. The average Bonchev–Trinajstić information content (AvgIpc) is 2.06. The van der Waals surface area contributed by atoms with Gasteiger partial charge in [0.2, 0.25) is 0 Å². The molecule has 1 aliphatic heterocycles. The van der Waals surface area contributed by atoms with E-state index in [1.54, 1.807) is 0 Å². The van der Waals surface area contributed by atoms with Gasteiger partial charge in [0.1, 0.15) is 5.60 Å². The van der Waals surface area contributed by atoms with Crippen molar-refractivity contribution in [3.63, 3.8) is 0 Å². The highest BCUT2D eigenvalue weighted by Crippen LogP contribution is 2.24. The minimum absolute atomic E-state index is 0.168. The Morgan fingerprint density at radius 3 is 2.64 bits per heavy atom. The average molecular weight is 159 g/mol. The van der Waals surface area contributed by atoms with Crippen molar-refractivity contribution in [3.8, 4) is 0 Å². The van der Waals surface area contributed by atoms with Crippen LogP contribution in [-0.4, -0.2) is 18.3 Å². The number of hydrogen-bond donors (Lipinski definition) is 1. The third-order valence-electron chi connectivity index (χ3n) is 2.26. The van der Waals surface area contributed by atoms with Crippen LogP contribution in [0.4, 0.5) is 0 Å². The van der Waals surface area contributed by atoms with Gasteiger partial charge in [0.15, 0.2) is 0 Å². The summed E-state index contributed by atoms with van der Waals surface area (Å²) in [5.41, 5.74) is -0.333.